The molecule has 0 aromatic heterocycles. The topological polar surface area (TPSA) is 77.0 Å². The SMILES string of the molecule is COC1C(OC2CC2)=CC=NC1NS(C)(=O)=O. The molecule has 0 aromatic rings. The van der Waals surface area contributed by atoms with Crippen LogP contribution in [0.3, 0.4) is 0 Å². The average Bonchev–Trinajstić information content (AvgIpc) is 2.99. The monoisotopic (exact) mass is 260 g/mol. The first-order chi connectivity index (χ1) is 7.99. The minimum atomic E-state index is -3.33. The van der Waals surface area contributed by atoms with Gasteiger partial charge in [-0.05, 0) is 18.9 Å². The minimum absolute atomic E-state index is 0.240. The van der Waals surface area contributed by atoms with E-state index in [0.29, 0.717) is 5.76 Å². The number of nitrogens with one attached hydrogen (secondary N) is 1. The third-order valence-electron chi connectivity index (χ3n) is 2.47. The molecule has 0 aromatic carbocycles. The summed E-state index contributed by atoms with van der Waals surface area (Å²) in [5.74, 6) is 0.631. The minimum Gasteiger partial charge on any atom is -0.492 e. The van der Waals surface area contributed by atoms with Gasteiger partial charge in [-0.15, -0.1) is 0 Å². The van der Waals surface area contributed by atoms with E-state index in [1.165, 1.54) is 13.3 Å². The normalized spacial score (nSPS) is 28.9. The molecule has 1 aliphatic carbocycles. The van der Waals surface area contributed by atoms with E-state index in [9.17, 15) is 8.42 Å². The number of aliphatic imine (C=N–C) groups is 1. The third-order valence-corrected chi connectivity index (χ3v) is 3.14. The maximum Gasteiger partial charge on any atom is 0.210 e. The highest BCUT2D eigenvalue weighted by Crippen LogP contribution is 2.29. The summed E-state index contributed by atoms with van der Waals surface area (Å²) in [7, 11) is -1.82. The molecule has 1 fully saturated rings. The van der Waals surface area contributed by atoms with Gasteiger partial charge in [0.1, 0.15) is 11.9 Å². The van der Waals surface area contributed by atoms with Gasteiger partial charge in [0.05, 0.1) is 12.4 Å². The Morgan fingerprint density at radius 1 is 1.47 bits per heavy atom. The van der Waals surface area contributed by atoms with Crippen LogP contribution in [-0.2, 0) is 19.5 Å². The standard InChI is InChI=1S/C10H16N2O4S/c1-15-9-8(16-7-3-4-7)5-6-11-10(9)12-17(2,13)14/h5-7,9-10,12H,3-4H2,1-2H3. The molecule has 2 unspecified atom stereocenters. The van der Waals surface area contributed by atoms with Gasteiger partial charge in [0.15, 0.2) is 6.10 Å². The van der Waals surface area contributed by atoms with Gasteiger partial charge in [-0.3, -0.25) is 4.99 Å². The Balaban J connectivity index is 2.08. The third kappa shape index (κ3) is 3.52. The van der Waals surface area contributed by atoms with E-state index in [4.69, 9.17) is 9.47 Å². The van der Waals surface area contributed by atoms with Gasteiger partial charge in [0.25, 0.3) is 0 Å². The van der Waals surface area contributed by atoms with Crippen molar-refractivity contribution < 1.29 is 17.9 Å². The maximum absolute atomic E-state index is 11.2. The number of methoxy groups -OCH3 is 1. The molecule has 0 amide bonds. The highest BCUT2D eigenvalue weighted by molar-refractivity contribution is 7.88. The lowest BCUT2D eigenvalue weighted by atomic mass is 10.2. The van der Waals surface area contributed by atoms with Gasteiger partial charge >= 0.3 is 0 Å². The molecular weight excluding hydrogens is 244 g/mol. The first-order valence-electron chi connectivity index (χ1n) is 5.40. The number of allylic oxidation sites excluding steroid dienone is 1. The van der Waals surface area contributed by atoms with E-state index >= 15 is 0 Å². The van der Waals surface area contributed by atoms with Gasteiger partial charge in [0.2, 0.25) is 10.0 Å². The van der Waals surface area contributed by atoms with Crippen LogP contribution in [0.25, 0.3) is 0 Å². The number of sulfonamides is 1. The molecule has 1 N–H and O–H groups in total. The van der Waals surface area contributed by atoms with Crippen molar-refractivity contribution in [3.05, 3.63) is 11.8 Å². The summed E-state index contributed by atoms with van der Waals surface area (Å²) in [6, 6.07) is 0. The van der Waals surface area contributed by atoms with Crippen molar-refractivity contribution in [3.8, 4) is 0 Å². The van der Waals surface area contributed by atoms with Gasteiger partial charge in [-0.25, -0.2) is 8.42 Å². The fourth-order valence-corrected chi connectivity index (χ4v) is 2.20. The van der Waals surface area contributed by atoms with E-state index in [1.54, 1.807) is 6.08 Å². The van der Waals surface area contributed by atoms with Crippen molar-refractivity contribution >= 4 is 16.2 Å². The molecule has 0 radical (unpaired) electrons. The lowest BCUT2D eigenvalue weighted by molar-refractivity contribution is 0.0395. The summed E-state index contributed by atoms with van der Waals surface area (Å²) in [6.07, 6.45) is 5.50. The Hall–Kier alpha value is -0.920. The lowest BCUT2D eigenvalue weighted by Crippen LogP contribution is -2.45. The van der Waals surface area contributed by atoms with E-state index in [-0.39, 0.29) is 6.10 Å². The summed E-state index contributed by atoms with van der Waals surface area (Å²) < 4.78 is 35.7. The number of nitrogens with zero attached hydrogens (tertiary/aromatic N) is 1. The first kappa shape index (κ1) is 12.5. The molecule has 2 rings (SSSR count). The largest absolute Gasteiger partial charge is 0.492 e. The summed E-state index contributed by atoms with van der Waals surface area (Å²) in [5.41, 5.74) is 0. The summed E-state index contributed by atoms with van der Waals surface area (Å²) in [6.45, 7) is 0. The summed E-state index contributed by atoms with van der Waals surface area (Å²) >= 11 is 0. The number of ether oxygens (including phenoxy) is 2. The van der Waals surface area contributed by atoms with Crippen molar-refractivity contribution in [2.45, 2.75) is 31.2 Å². The molecule has 2 aliphatic rings. The van der Waals surface area contributed by atoms with Crippen LogP contribution in [0.4, 0.5) is 0 Å². The second-order valence-electron chi connectivity index (χ2n) is 4.18. The zero-order valence-corrected chi connectivity index (χ0v) is 10.6. The van der Waals surface area contributed by atoms with Crippen LogP contribution in [0.2, 0.25) is 0 Å². The van der Waals surface area contributed by atoms with Crippen molar-refractivity contribution in [1.82, 2.24) is 4.72 Å². The quantitative estimate of drug-likeness (QED) is 0.756. The molecule has 0 spiro atoms. The van der Waals surface area contributed by atoms with Crippen molar-refractivity contribution in [3.63, 3.8) is 0 Å². The number of hydrogen-bond donors (Lipinski definition) is 1. The molecule has 7 heteroatoms. The van der Waals surface area contributed by atoms with Crippen LogP contribution >= 0.6 is 0 Å². The van der Waals surface area contributed by atoms with Crippen molar-refractivity contribution in [1.29, 1.82) is 0 Å². The molecule has 0 saturated heterocycles. The van der Waals surface area contributed by atoms with E-state index in [1.807, 2.05) is 0 Å². The fraction of sp³-hybridized carbons (Fsp3) is 0.700. The molecule has 1 aliphatic heterocycles. The van der Waals surface area contributed by atoms with Gasteiger partial charge in [-0.2, -0.15) is 4.72 Å². The Morgan fingerprint density at radius 2 is 2.18 bits per heavy atom. The van der Waals surface area contributed by atoms with Gasteiger partial charge in [0, 0.05) is 13.3 Å². The lowest BCUT2D eigenvalue weighted by Gasteiger charge is -2.27. The number of hydrogen-bond acceptors (Lipinski definition) is 5. The highest BCUT2D eigenvalue weighted by atomic mass is 32.2. The van der Waals surface area contributed by atoms with E-state index < -0.39 is 22.3 Å². The predicted octanol–water partition coefficient (Wildman–Crippen LogP) is 0.0240. The Labute approximate surface area is 101 Å². The van der Waals surface area contributed by atoms with E-state index in [0.717, 1.165) is 19.1 Å². The van der Waals surface area contributed by atoms with E-state index in [2.05, 4.69) is 9.71 Å². The molecule has 17 heavy (non-hydrogen) atoms. The zero-order valence-electron chi connectivity index (χ0n) is 9.79. The molecule has 1 saturated carbocycles. The smallest absolute Gasteiger partial charge is 0.210 e. The van der Waals surface area contributed by atoms with Gasteiger partial charge in [-0.1, -0.05) is 0 Å². The van der Waals surface area contributed by atoms with Crippen LogP contribution in [0, 0.1) is 0 Å². The van der Waals surface area contributed by atoms with Crippen LogP contribution < -0.4 is 4.72 Å². The first-order valence-corrected chi connectivity index (χ1v) is 7.29. The van der Waals surface area contributed by atoms with Crippen LogP contribution in [0.5, 0.6) is 0 Å². The maximum atomic E-state index is 11.2. The Bertz CT molecular complexity index is 439. The highest BCUT2D eigenvalue weighted by Gasteiger charge is 2.34. The molecule has 96 valence electrons. The molecule has 0 bridgehead atoms. The predicted molar refractivity (Wildman–Crippen MR) is 63.2 cm³/mol. The number of rotatable bonds is 5. The molecular formula is C10H16N2O4S. The van der Waals surface area contributed by atoms with Crippen LogP contribution in [0.15, 0.2) is 16.8 Å². The molecule has 6 nitrogen and oxygen atoms in total. The molecule has 2 atom stereocenters. The van der Waals surface area contributed by atoms with Crippen LogP contribution in [-0.4, -0.2) is 46.4 Å². The van der Waals surface area contributed by atoms with Gasteiger partial charge < -0.3 is 9.47 Å². The number of dihydropyridines is 1. The molecule has 1 heterocycles. The zero-order chi connectivity index (χ0) is 12.5. The second-order valence-corrected chi connectivity index (χ2v) is 5.96. The average molecular weight is 260 g/mol. The Kier molecular flexibility index (Phi) is 3.50. The van der Waals surface area contributed by atoms with Crippen molar-refractivity contribution in [2.75, 3.05) is 13.4 Å². The summed E-state index contributed by atoms with van der Waals surface area (Å²) in [5, 5.41) is 0. The Morgan fingerprint density at radius 3 is 2.71 bits per heavy atom. The summed E-state index contributed by atoms with van der Waals surface area (Å²) in [4.78, 5) is 4.05. The fourth-order valence-electron chi connectivity index (χ4n) is 1.58. The van der Waals surface area contributed by atoms with Crippen molar-refractivity contribution in [2.24, 2.45) is 4.99 Å². The van der Waals surface area contributed by atoms with Crippen LogP contribution in [0.1, 0.15) is 12.8 Å². The second kappa shape index (κ2) is 4.75.